The van der Waals surface area contributed by atoms with Crippen molar-refractivity contribution in [1.29, 1.82) is 0 Å². The maximum atomic E-state index is 13.7. The molecule has 0 spiro atoms. The van der Waals surface area contributed by atoms with Crippen LogP contribution in [0.3, 0.4) is 0 Å². The number of hydrogen-bond acceptors (Lipinski definition) is 1. The second-order valence-corrected chi connectivity index (χ2v) is 4.17. The van der Waals surface area contributed by atoms with Gasteiger partial charge in [0, 0.05) is 24.1 Å². The quantitative estimate of drug-likeness (QED) is 0.789. The number of unbranched alkanes of at least 4 members (excludes halogenated alkanes) is 1. The van der Waals surface area contributed by atoms with Crippen molar-refractivity contribution in [3.8, 4) is 0 Å². The Morgan fingerprint density at radius 2 is 2.12 bits per heavy atom. The summed E-state index contributed by atoms with van der Waals surface area (Å²) < 4.78 is 15.7. The molecule has 0 radical (unpaired) electrons. The Morgan fingerprint density at radius 1 is 1.31 bits per heavy atom. The number of nitrogens with zero attached hydrogens (tertiary/aromatic N) is 1. The molecule has 2 N–H and O–H groups in total. The molecule has 2 rings (SSSR count). The second-order valence-electron chi connectivity index (χ2n) is 4.17. The van der Waals surface area contributed by atoms with Crippen LogP contribution >= 0.6 is 0 Å². The number of aryl methyl sites for hydroxylation is 2. The monoisotopic (exact) mass is 220 g/mol. The van der Waals surface area contributed by atoms with Gasteiger partial charge in [-0.15, -0.1) is 0 Å². The molecule has 2 nitrogen and oxygen atoms in total. The van der Waals surface area contributed by atoms with Gasteiger partial charge >= 0.3 is 0 Å². The number of benzene rings is 1. The van der Waals surface area contributed by atoms with Gasteiger partial charge in [-0.3, -0.25) is 0 Å². The van der Waals surface area contributed by atoms with Gasteiger partial charge in [-0.05, 0) is 49.6 Å². The first kappa shape index (κ1) is 11.1. The summed E-state index contributed by atoms with van der Waals surface area (Å²) in [5.74, 6) is -0.101. The molecule has 0 aliphatic carbocycles. The first-order valence-electron chi connectivity index (χ1n) is 5.66. The minimum absolute atomic E-state index is 0.101. The van der Waals surface area contributed by atoms with Crippen molar-refractivity contribution in [1.82, 2.24) is 4.57 Å². The topological polar surface area (TPSA) is 30.9 Å². The summed E-state index contributed by atoms with van der Waals surface area (Å²) in [6.07, 6.45) is 4.62. The van der Waals surface area contributed by atoms with Gasteiger partial charge in [-0.2, -0.15) is 0 Å². The van der Waals surface area contributed by atoms with E-state index in [-0.39, 0.29) is 5.82 Å². The van der Waals surface area contributed by atoms with Crippen LogP contribution in [0.15, 0.2) is 24.4 Å². The summed E-state index contributed by atoms with van der Waals surface area (Å²) >= 11 is 0. The first-order valence-corrected chi connectivity index (χ1v) is 5.66. The number of fused-ring (bicyclic) bond motifs is 1. The molecule has 0 atom stereocenters. The fraction of sp³-hybridized carbons (Fsp3) is 0.385. The third-order valence-corrected chi connectivity index (χ3v) is 2.95. The van der Waals surface area contributed by atoms with Gasteiger partial charge in [0.1, 0.15) is 5.82 Å². The molecule has 0 saturated carbocycles. The molecule has 86 valence electrons. The standard InChI is InChI=1S/C13H17FN2/c1-16-7-5-11-8-12(14)10(9-13(11)16)4-2-3-6-15/h5,7-9H,2-4,6,15H2,1H3. The van der Waals surface area contributed by atoms with E-state index in [1.807, 2.05) is 29.9 Å². The van der Waals surface area contributed by atoms with E-state index in [4.69, 9.17) is 5.73 Å². The molecule has 3 heteroatoms. The van der Waals surface area contributed by atoms with Crippen molar-refractivity contribution in [3.05, 3.63) is 35.8 Å². The summed E-state index contributed by atoms with van der Waals surface area (Å²) in [7, 11) is 1.98. The van der Waals surface area contributed by atoms with E-state index in [0.717, 1.165) is 35.7 Å². The fourth-order valence-corrected chi connectivity index (χ4v) is 1.98. The molecule has 0 aliphatic rings. The van der Waals surface area contributed by atoms with Gasteiger partial charge < -0.3 is 10.3 Å². The number of nitrogens with two attached hydrogens (primary N) is 1. The van der Waals surface area contributed by atoms with E-state index >= 15 is 0 Å². The van der Waals surface area contributed by atoms with Crippen LogP contribution in [0.1, 0.15) is 18.4 Å². The highest BCUT2D eigenvalue weighted by Crippen LogP contribution is 2.21. The van der Waals surface area contributed by atoms with E-state index in [2.05, 4.69) is 0 Å². The van der Waals surface area contributed by atoms with E-state index in [9.17, 15) is 4.39 Å². The lowest BCUT2D eigenvalue weighted by molar-refractivity contribution is 0.603. The van der Waals surface area contributed by atoms with E-state index in [1.54, 1.807) is 6.07 Å². The van der Waals surface area contributed by atoms with Crippen molar-refractivity contribution >= 4 is 10.9 Å². The third-order valence-electron chi connectivity index (χ3n) is 2.95. The molecule has 1 aromatic heterocycles. The minimum atomic E-state index is -0.101. The van der Waals surface area contributed by atoms with Crippen LogP contribution in [0.25, 0.3) is 10.9 Å². The second kappa shape index (κ2) is 4.66. The molecule has 0 unspecified atom stereocenters. The summed E-state index contributed by atoms with van der Waals surface area (Å²) in [5, 5.41) is 0.961. The third kappa shape index (κ3) is 2.09. The number of rotatable bonds is 4. The van der Waals surface area contributed by atoms with Crippen LogP contribution in [-0.2, 0) is 13.5 Å². The average Bonchev–Trinajstić information content (AvgIpc) is 2.61. The Kier molecular flexibility index (Phi) is 3.25. The molecule has 0 amide bonds. The lowest BCUT2D eigenvalue weighted by Gasteiger charge is -2.04. The summed E-state index contributed by atoms with van der Waals surface area (Å²) in [4.78, 5) is 0. The van der Waals surface area contributed by atoms with Crippen LogP contribution < -0.4 is 5.73 Å². The molecule has 1 aromatic carbocycles. The van der Waals surface area contributed by atoms with Crippen LogP contribution in [-0.4, -0.2) is 11.1 Å². The van der Waals surface area contributed by atoms with Gasteiger partial charge in [0.2, 0.25) is 0 Å². The largest absolute Gasteiger partial charge is 0.351 e. The zero-order valence-corrected chi connectivity index (χ0v) is 9.54. The maximum Gasteiger partial charge on any atom is 0.127 e. The SMILES string of the molecule is Cn1ccc2cc(F)c(CCCCN)cc21. The maximum absolute atomic E-state index is 13.7. The molecule has 16 heavy (non-hydrogen) atoms. The normalized spacial score (nSPS) is 11.2. The highest BCUT2D eigenvalue weighted by atomic mass is 19.1. The number of hydrogen-bond donors (Lipinski definition) is 1. The van der Waals surface area contributed by atoms with Crippen LogP contribution in [0.5, 0.6) is 0 Å². The predicted octanol–water partition coefficient (Wildman–Crippen LogP) is 2.60. The van der Waals surface area contributed by atoms with Crippen molar-refractivity contribution in [3.63, 3.8) is 0 Å². The molecule has 1 heterocycles. The highest BCUT2D eigenvalue weighted by molar-refractivity contribution is 5.80. The predicted molar refractivity (Wildman–Crippen MR) is 64.9 cm³/mol. The van der Waals surface area contributed by atoms with Gasteiger partial charge in [0.25, 0.3) is 0 Å². The van der Waals surface area contributed by atoms with Crippen molar-refractivity contribution < 1.29 is 4.39 Å². The Bertz CT molecular complexity index is 488. The van der Waals surface area contributed by atoms with Gasteiger partial charge in [-0.25, -0.2) is 4.39 Å². The number of aromatic nitrogens is 1. The van der Waals surface area contributed by atoms with Crippen LogP contribution in [0.2, 0.25) is 0 Å². The van der Waals surface area contributed by atoms with Crippen LogP contribution in [0.4, 0.5) is 4.39 Å². The first-order chi connectivity index (χ1) is 7.72. The molecule has 0 saturated heterocycles. The highest BCUT2D eigenvalue weighted by Gasteiger charge is 2.06. The molecule has 0 bridgehead atoms. The Labute approximate surface area is 94.9 Å². The van der Waals surface area contributed by atoms with Crippen molar-refractivity contribution in [2.24, 2.45) is 12.8 Å². The van der Waals surface area contributed by atoms with Gasteiger partial charge in [0.05, 0.1) is 0 Å². The summed E-state index contributed by atoms with van der Waals surface area (Å²) in [6, 6.07) is 5.50. The molecule has 0 aliphatic heterocycles. The molecular weight excluding hydrogens is 203 g/mol. The summed E-state index contributed by atoms with van der Waals surface area (Å²) in [6.45, 7) is 0.675. The fourth-order valence-electron chi connectivity index (χ4n) is 1.98. The minimum Gasteiger partial charge on any atom is -0.351 e. The smallest absolute Gasteiger partial charge is 0.127 e. The van der Waals surface area contributed by atoms with Crippen molar-refractivity contribution in [2.45, 2.75) is 19.3 Å². The van der Waals surface area contributed by atoms with Crippen LogP contribution in [0, 0.1) is 5.82 Å². The zero-order valence-electron chi connectivity index (χ0n) is 9.54. The molecule has 0 fully saturated rings. The lowest BCUT2D eigenvalue weighted by atomic mass is 10.1. The Hall–Kier alpha value is -1.35. The number of halogens is 1. The summed E-state index contributed by atoms with van der Waals surface area (Å²) in [5.41, 5.74) is 7.31. The Balaban J connectivity index is 2.29. The average molecular weight is 220 g/mol. The molecular formula is C13H17FN2. The van der Waals surface area contributed by atoms with Gasteiger partial charge in [0.15, 0.2) is 0 Å². The Morgan fingerprint density at radius 3 is 2.88 bits per heavy atom. The lowest BCUT2D eigenvalue weighted by Crippen LogP contribution is -2.00. The van der Waals surface area contributed by atoms with Gasteiger partial charge in [-0.1, -0.05) is 0 Å². The van der Waals surface area contributed by atoms with E-state index in [0.29, 0.717) is 6.54 Å². The van der Waals surface area contributed by atoms with Crippen molar-refractivity contribution in [2.75, 3.05) is 6.54 Å². The zero-order chi connectivity index (χ0) is 11.5. The molecule has 2 aromatic rings. The van der Waals surface area contributed by atoms with E-state index < -0.39 is 0 Å². The van der Waals surface area contributed by atoms with E-state index in [1.165, 1.54) is 0 Å².